The summed E-state index contributed by atoms with van der Waals surface area (Å²) in [5.41, 5.74) is 1.94. The van der Waals surface area contributed by atoms with Crippen LogP contribution in [0.25, 0.3) is 11.0 Å². The molecule has 0 radical (unpaired) electrons. The van der Waals surface area contributed by atoms with Crippen molar-refractivity contribution in [1.29, 1.82) is 0 Å². The fourth-order valence-corrected chi connectivity index (χ4v) is 6.06. The van der Waals surface area contributed by atoms with Crippen LogP contribution in [0.5, 0.6) is 0 Å². The van der Waals surface area contributed by atoms with Gasteiger partial charge in [-0.15, -0.1) is 0 Å². The number of piperazine rings is 1. The molecule has 31 heavy (non-hydrogen) atoms. The highest BCUT2D eigenvalue weighted by atomic mass is 32.2. The Labute approximate surface area is 184 Å². The Morgan fingerprint density at radius 2 is 1.74 bits per heavy atom. The zero-order valence-corrected chi connectivity index (χ0v) is 18.8. The lowest BCUT2D eigenvalue weighted by atomic mass is 10.3. The number of aryl methyl sites for hydroxylation is 1. The second-order valence-electron chi connectivity index (χ2n) is 7.55. The van der Waals surface area contributed by atoms with E-state index in [1.165, 1.54) is 4.31 Å². The van der Waals surface area contributed by atoms with E-state index >= 15 is 0 Å². The van der Waals surface area contributed by atoms with Crippen LogP contribution in [0.15, 0.2) is 29.2 Å². The van der Waals surface area contributed by atoms with E-state index in [2.05, 4.69) is 18.6 Å². The summed E-state index contributed by atoms with van der Waals surface area (Å²) in [6.45, 7) is 6.72. The van der Waals surface area contributed by atoms with E-state index in [1.807, 2.05) is 17.9 Å². The van der Waals surface area contributed by atoms with Gasteiger partial charge in [-0.3, -0.25) is 0 Å². The summed E-state index contributed by atoms with van der Waals surface area (Å²) in [4.78, 5) is 13.8. The van der Waals surface area contributed by atoms with E-state index in [-0.39, 0.29) is 4.90 Å². The number of sulfonamides is 1. The van der Waals surface area contributed by atoms with Gasteiger partial charge in [-0.2, -0.15) is 18.0 Å². The molecule has 0 saturated carbocycles. The predicted molar refractivity (Wildman–Crippen MR) is 118 cm³/mol. The van der Waals surface area contributed by atoms with Gasteiger partial charge in [-0.1, -0.05) is 6.07 Å². The maximum absolute atomic E-state index is 13.3. The number of hydrogen-bond acceptors (Lipinski definition) is 10. The molecule has 0 unspecified atom stereocenters. The van der Waals surface area contributed by atoms with Crippen LogP contribution in [-0.2, 0) is 14.8 Å². The minimum Gasteiger partial charge on any atom is -0.378 e. The van der Waals surface area contributed by atoms with Crippen LogP contribution in [0, 0.1) is 6.92 Å². The maximum Gasteiger partial charge on any atom is 0.245 e. The van der Waals surface area contributed by atoms with Gasteiger partial charge in [0.1, 0.15) is 21.7 Å². The Bertz CT molecular complexity index is 1190. The topological polar surface area (TPSA) is 105 Å². The number of anilines is 2. The maximum atomic E-state index is 13.3. The van der Waals surface area contributed by atoms with Crippen molar-refractivity contribution in [3.05, 3.63) is 30.0 Å². The van der Waals surface area contributed by atoms with Crippen LogP contribution < -0.4 is 9.80 Å². The van der Waals surface area contributed by atoms with Gasteiger partial charge in [0.25, 0.3) is 0 Å². The average molecular weight is 462 g/mol. The third-order valence-electron chi connectivity index (χ3n) is 5.55. The lowest BCUT2D eigenvalue weighted by Gasteiger charge is -2.35. The van der Waals surface area contributed by atoms with E-state index in [1.54, 1.807) is 18.2 Å². The number of nitrogens with zero attached hydrogens (tertiary/aromatic N) is 7. The van der Waals surface area contributed by atoms with Crippen LogP contribution in [0.2, 0.25) is 0 Å². The molecule has 12 heteroatoms. The van der Waals surface area contributed by atoms with Gasteiger partial charge < -0.3 is 14.5 Å². The van der Waals surface area contributed by atoms with E-state index in [9.17, 15) is 8.42 Å². The molecule has 2 saturated heterocycles. The molecule has 2 fully saturated rings. The minimum atomic E-state index is -3.65. The fraction of sp³-hybridized carbons (Fsp3) is 0.474. The molecule has 0 aliphatic carbocycles. The van der Waals surface area contributed by atoms with Crippen molar-refractivity contribution in [3.8, 4) is 0 Å². The first kappa shape index (κ1) is 20.5. The monoisotopic (exact) mass is 461 g/mol. The van der Waals surface area contributed by atoms with Crippen LogP contribution in [0.4, 0.5) is 11.8 Å². The van der Waals surface area contributed by atoms with Gasteiger partial charge in [0, 0.05) is 51.0 Å². The number of aromatic nitrogens is 4. The first-order valence-corrected chi connectivity index (χ1v) is 12.3. The molecule has 4 heterocycles. The first-order valence-electron chi connectivity index (χ1n) is 10.2. The van der Waals surface area contributed by atoms with Crippen molar-refractivity contribution >= 4 is 44.6 Å². The van der Waals surface area contributed by atoms with Crippen LogP contribution in [0.1, 0.15) is 5.69 Å². The van der Waals surface area contributed by atoms with Crippen molar-refractivity contribution in [1.82, 2.24) is 23.0 Å². The third kappa shape index (κ3) is 3.95. The lowest BCUT2D eigenvalue weighted by Crippen LogP contribution is -2.49. The number of morpholine rings is 1. The molecule has 0 N–H and O–H groups in total. The van der Waals surface area contributed by atoms with Crippen molar-refractivity contribution in [2.75, 3.05) is 62.3 Å². The fourth-order valence-electron chi connectivity index (χ4n) is 3.89. The predicted octanol–water partition coefficient (Wildman–Crippen LogP) is 1.14. The molecule has 2 aliphatic heterocycles. The molecule has 164 valence electrons. The van der Waals surface area contributed by atoms with E-state index in [0.29, 0.717) is 56.4 Å². The highest BCUT2D eigenvalue weighted by Gasteiger charge is 2.31. The Morgan fingerprint density at radius 3 is 2.52 bits per heavy atom. The minimum absolute atomic E-state index is 0.216. The largest absolute Gasteiger partial charge is 0.378 e. The van der Waals surface area contributed by atoms with Crippen LogP contribution in [-0.4, -0.2) is 83.9 Å². The van der Waals surface area contributed by atoms with Crippen LogP contribution >= 0.6 is 11.7 Å². The summed E-state index contributed by atoms with van der Waals surface area (Å²) in [5.74, 6) is 1.54. The number of rotatable bonds is 4. The molecular formula is C19H23N7O3S2. The Morgan fingerprint density at radius 1 is 0.968 bits per heavy atom. The van der Waals surface area contributed by atoms with Crippen molar-refractivity contribution in [2.45, 2.75) is 11.8 Å². The van der Waals surface area contributed by atoms with Gasteiger partial charge in [0.2, 0.25) is 16.0 Å². The van der Waals surface area contributed by atoms with Crippen molar-refractivity contribution in [3.63, 3.8) is 0 Å². The highest BCUT2D eigenvalue weighted by molar-refractivity contribution is 7.89. The summed E-state index contributed by atoms with van der Waals surface area (Å²) >= 11 is 1.02. The highest BCUT2D eigenvalue weighted by Crippen LogP contribution is 2.26. The normalized spacial score (nSPS) is 18.6. The number of fused-ring (bicyclic) bond motifs is 1. The number of ether oxygens (including phenoxy) is 1. The standard InChI is InChI=1S/C19H23N7O3S2/c1-14-13-17(24-9-11-29-12-10-24)21-19(20-14)25-5-7-26(8-6-25)31(27,28)16-4-2-3-15-18(16)23-30-22-15/h2-4,13H,5-12H2,1H3. The summed E-state index contributed by atoms with van der Waals surface area (Å²) in [5, 5.41) is 0. The van der Waals surface area contributed by atoms with Gasteiger partial charge in [-0.25, -0.2) is 13.4 Å². The zero-order chi connectivity index (χ0) is 21.4. The summed E-state index contributed by atoms with van der Waals surface area (Å²) in [7, 11) is -3.65. The number of benzene rings is 1. The Kier molecular flexibility index (Phi) is 5.46. The smallest absolute Gasteiger partial charge is 0.245 e. The molecule has 0 spiro atoms. The molecule has 0 bridgehead atoms. The van der Waals surface area contributed by atoms with E-state index in [0.717, 1.165) is 36.3 Å². The third-order valence-corrected chi connectivity index (χ3v) is 8.03. The van der Waals surface area contributed by atoms with Gasteiger partial charge >= 0.3 is 0 Å². The molecule has 5 rings (SSSR count). The second kappa shape index (κ2) is 8.26. The van der Waals surface area contributed by atoms with Gasteiger partial charge in [0.05, 0.1) is 24.9 Å². The first-order chi connectivity index (χ1) is 15.0. The number of hydrogen-bond donors (Lipinski definition) is 0. The molecule has 2 aromatic heterocycles. The molecular weight excluding hydrogens is 438 g/mol. The van der Waals surface area contributed by atoms with E-state index in [4.69, 9.17) is 9.72 Å². The summed E-state index contributed by atoms with van der Waals surface area (Å²) in [6.07, 6.45) is 0. The lowest BCUT2D eigenvalue weighted by molar-refractivity contribution is 0.122. The SMILES string of the molecule is Cc1cc(N2CCOCC2)nc(N2CCN(S(=O)(=O)c3cccc4nsnc34)CC2)n1. The molecule has 10 nitrogen and oxygen atoms in total. The molecule has 3 aromatic rings. The molecule has 0 amide bonds. The van der Waals surface area contributed by atoms with E-state index < -0.39 is 10.0 Å². The Hall–Kier alpha value is -2.41. The van der Waals surface area contributed by atoms with Crippen molar-refractivity contribution < 1.29 is 13.2 Å². The molecule has 0 atom stereocenters. The molecule has 1 aromatic carbocycles. The Balaban J connectivity index is 1.33. The van der Waals surface area contributed by atoms with Crippen molar-refractivity contribution in [2.24, 2.45) is 0 Å². The average Bonchev–Trinajstić information content (AvgIpc) is 3.28. The van der Waals surface area contributed by atoms with Gasteiger partial charge in [0.15, 0.2) is 0 Å². The van der Waals surface area contributed by atoms with Gasteiger partial charge in [-0.05, 0) is 19.1 Å². The zero-order valence-electron chi connectivity index (χ0n) is 17.1. The quantitative estimate of drug-likeness (QED) is 0.565. The summed E-state index contributed by atoms with van der Waals surface area (Å²) < 4.78 is 41.8. The van der Waals surface area contributed by atoms with Crippen LogP contribution in [0.3, 0.4) is 0 Å². The second-order valence-corrected chi connectivity index (χ2v) is 9.98. The molecule has 2 aliphatic rings. The summed E-state index contributed by atoms with van der Waals surface area (Å²) in [6, 6.07) is 7.07.